The summed E-state index contributed by atoms with van der Waals surface area (Å²) in [6, 6.07) is 7.14. The SMILES string of the molecule is Clc1cc[c]([Cu])cc1. The minimum atomic E-state index is 0.731. The molecule has 0 saturated heterocycles. The van der Waals surface area contributed by atoms with Crippen molar-refractivity contribution in [2.24, 2.45) is 0 Å². The van der Waals surface area contributed by atoms with Gasteiger partial charge in [0.15, 0.2) is 0 Å². The summed E-state index contributed by atoms with van der Waals surface area (Å²) >= 11 is 10.5. The van der Waals surface area contributed by atoms with Crippen molar-refractivity contribution in [3.63, 3.8) is 0 Å². The van der Waals surface area contributed by atoms with E-state index >= 15 is 0 Å². The zero-order valence-corrected chi connectivity index (χ0v) is 5.69. The van der Waals surface area contributed by atoms with E-state index in [0.717, 1.165) is 9.48 Å². The van der Waals surface area contributed by atoms with Gasteiger partial charge in [-0.3, -0.25) is 0 Å². The van der Waals surface area contributed by atoms with Crippen LogP contribution in [-0.2, 0) is 16.0 Å². The molecular formula is C6H4ClCu. The summed E-state index contributed by atoms with van der Waals surface area (Å²) in [4.78, 5) is 0. The average molecular weight is 175 g/mol. The van der Waals surface area contributed by atoms with E-state index in [9.17, 15) is 0 Å². The minimum absolute atomic E-state index is 0.731. The van der Waals surface area contributed by atoms with Crippen LogP contribution in [0.15, 0.2) is 24.3 Å². The molecule has 0 N–H and O–H groups in total. The Labute approximate surface area is 61.7 Å². The van der Waals surface area contributed by atoms with Crippen molar-refractivity contribution in [2.45, 2.75) is 0 Å². The Bertz CT molecular complexity index is 147. The van der Waals surface area contributed by atoms with Crippen molar-refractivity contribution in [2.75, 3.05) is 0 Å². The molecular weight excluding hydrogens is 171 g/mol. The molecule has 0 bridgehead atoms. The average Bonchev–Trinajstić information content (AvgIpc) is 1.77. The van der Waals surface area contributed by atoms with Gasteiger partial charge in [-0.05, 0) is 0 Å². The summed E-state index contributed by atoms with van der Waals surface area (Å²) in [6.45, 7) is 0. The summed E-state index contributed by atoms with van der Waals surface area (Å²) in [6.07, 6.45) is 0. The van der Waals surface area contributed by atoms with Gasteiger partial charge in [0.1, 0.15) is 0 Å². The van der Waals surface area contributed by atoms with E-state index in [0.29, 0.717) is 0 Å². The van der Waals surface area contributed by atoms with Gasteiger partial charge in [-0.15, -0.1) is 0 Å². The predicted octanol–water partition coefficient (Wildman–Crippen LogP) is 1.51. The van der Waals surface area contributed by atoms with Crippen molar-refractivity contribution in [1.29, 1.82) is 0 Å². The number of benzene rings is 1. The Morgan fingerprint density at radius 2 is 1.62 bits per heavy atom. The Hall–Kier alpha value is 0.0295. The van der Waals surface area contributed by atoms with E-state index in [1.807, 2.05) is 0 Å². The molecule has 0 nitrogen and oxygen atoms in total. The number of halogens is 1. The van der Waals surface area contributed by atoms with Crippen LogP contribution in [0.4, 0.5) is 0 Å². The second-order valence-electron chi connectivity index (χ2n) is 1.39. The molecule has 0 fully saturated rings. The van der Waals surface area contributed by atoms with E-state index in [2.05, 4.69) is 0 Å². The number of hydrogen-bond acceptors (Lipinski definition) is 0. The normalized spacial score (nSPS) is 9.38. The van der Waals surface area contributed by atoms with Crippen LogP contribution in [-0.4, -0.2) is 0 Å². The Balaban J connectivity index is 3.03. The molecule has 0 atom stereocenters. The van der Waals surface area contributed by atoms with Crippen LogP contribution in [0.3, 0.4) is 0 Å². The van der Waals surface area contributed by atoms with Crippen LogP contribution in [0.5, 0.6) is 0 Å². The molecule has 46 valence electrons. The van der Waals surface area contributed by atoms with Gasteiger partial charge in [-0.1, -0.05) is 0 Å². The molecule has 0 radical (unpaired) electrons. The Morgan fingerprint density at radius 1 is 1.12 bits per heavy atom. The van der Waals surface area contributed by atoms with Crippen molar-refractivity contribution < 1.29 is 16.0 Å². The topological polar surface area (TPSA) is 0 Å². The van der Waals surface area contributed by atoms with E-state index in [4.69, 9.17) is 27.6 Å². The third-order valence-electron chi connectivity index (χ3n) is 0.778. The molecule has 1 aromatic carbocycles. The quantitative estimate of drug-likeness (QED) is 0.524. The number of hydrogen-bond donors (Lipinski definition) is 0. The molecule has 0 saturated carbocycles. The van der Waals surface area contributed by atoms with E-state index < -0.39 is 0 Å². The fraction of sp³-hybridized carbons (Fsp3) is 0. The molecule has 0 amide bonds. The molecule has 8 heavy (non-hydrogen) atoms. The molecule has 0 aromatic heterocycles. The van der Waals surface area contributed by atoms with Gasteiger partial charge >= 0.3 is 61.4 Å². The summed E-state index contributed by atoms with van der Waals surface area (Å²) in [5, 5.41) is 0.731. The van der Waals surface area contributed by atoms with Crippen LogP contribution in [0.25, 0.3) is 0 Å². The zero-order valence-electron chi connectivity index (χ0n) is 3.99. The first-order chi connectivity index (χ1) is 3.79. The zero-order chi connectivity index (χ0) is 5.98. The van der Waals surface area contributed by atoms with Crippen LogP contribution >= 0.6 is 11.6 Å². The first-order valence-electron chi connectivity index (χ1n) is 2.16. The maximum absolute atomic E-state index is 5.56. The van der Waals surface area contributed by atoms with Gasteiger partial charge < -0.3 is 0 Å². The summed E-state index contributed by atoms with van der Waals surface area (Å²) in [5.74, 6) is 0. The van der Waals surface area contributed by atoms with Crippen LogP contribution in [0.1, 0.15) is 0 Å². The molecule has 0 aliphatic carbocycles. The van der Waals surface area contributed by atoms with Gasteiger partial charge in [-0.2, -0.15) is 0 Å². The molecule has 2 heteroatoms. The molecule has 0 unspecified atom stereocenters. The molecule has 0 heterocycles. The van der Waals surface area contributed by atoms with Crippen molar-refractivity contribution in [3.8, 4) is 0 Å². The van der Waals surface area contributed by atoms with E-state index in [1.54, 1.807) is 24.3 Å². The number of rotatable bonds is 0. The standard InChI is InChI=1S/C6H4Cl.Cu/c7-6-4-2-1-3-5-6;/h2-5H;. The summed E-state index contributed by atoms with van der Waals surface area (Å²) in [5.41, 5.74) is 0. The molecule has 0 aliphatic heterocycles. The molecule has 0 aliphatic rings. The van der Waals surface area contributed by atoms with Crippen LogP contribution in [0, 0.1) is 0 Å². The van der Waals surface area contributed by atoms with Crippen LogP contribution < -0.4 is 4.46 Å². The molecule has 1 rings (SSSR count). The summed E-state index contributed by atoms with van der Waals surface area (Å²) < 4.78 is 0.807. The van der Waals surface area contributed by atoms with Crippen LogP contribution in [0.2, 0.25) is 5.02 Å². The third-order valence-corrected chi connectivity index (χ3v) is 1.34. The Kier molecular flexibility index (Phi) is 1.95. The maximum atomic E-state index is 5.56. The van der Waals surface area contributed by atoms with E-state index in [-0.39, 0.29) is 0 Å². The van der Waals surface area contributed by atoms with Crippen molar-refractivity contribution in [3.05, 3.63) is 29.3 Å². The molecule has 0 spiro atoms. The fourth-order valence-electron chi connectivity index (χ4n) is 0.417. The second-order valence-corrected chi connectivity index (χ2v) is 2.37. The van der Waals surface area contributed by atoms with Gasteiger partial charge in [-0.25, -0.2) is 0 Å². The van der Waals surface area contributed by atoms with Crippen molar-refractivity contribution >= 4 is 16.1 Å². The van der Waals surface area contributed by atoms with Gasteiger partial charge in [0.05, 0.1) is 0 Å². The van der Waals surface area contributed by atoms with E-state index in [1.165, 1.54) is 0 Å². The van der Waals surface area contributed by atoms with Crippen molar-refractivity contribution in [1.82, 2.24) is 0 Å². The monoisotopic (exact) mass is 174 g/mol. The summed E-state index contributed by atoms with van der Waals surface area (Å²) in [7, 11) is 0. The second kappa shape index (κ2) is 2.54. The first kappa shape index (κ1) is 6.15. The van der Waals surface area contributed by atoms with Gasteiger partial charge in [0, 0.05) is 0 Å². The third kappa shape index (κ3) is 1.52. The van der Waals surface area contributed by atoms with Gasteiger partial charge in [0.2, 0.25) is 0 Å². The predicted molar refractivity (Wildman–Crippen MR) is 31.1 cm³/mol. The Morgan fingerprint density at radius 3 is 2.00 bits per heavy atom. The fourth-order valence-corrected chi connectivity index (χ4v) is 0.700. The first-order valence-corrected chi connectivity index (χ1v) is 3.01. The molecule has 1 aromatic rings. The van der Waals surface area contributed by atoms with Gasteiger partial charge in [0.25, 0.3) is 0 Å².